The van der Waals surface area contributed by atoms with Crippen molar-refractivity contribution in [2.24, 2.45) is 5.73 Å². The fourth-order valence-corrected chi connectivity index (χ4v) is 2.30. The third-order valence-corrected chi connectivity index (χ3v) is 3.58. The summed E-state index contributed by atoms with van der Waals surface area (Å²) in [6, 6.07) is 13.4. The van der Waals surface area contributed by atoms with Crippen LogP contribution in [0.2, 0.25) is 0 Å². The molecule has 0 bridgehead atoms. The van der Waals surface area contributed by atoms with E-state index < -0.39 is 0 Å². The van der Waals surface area contributed by atoms with Gasteiger partial charge in [0.15, 0.2) is 0 Å². The van der Waals surface area contributed by atoms with Gasteiger partial charge in [-0.3, -0.25) is 4.79 Å². The number of hydrogen-bond donors (Lipinski definition) is 2. The number of nitrogens with one attached hydrogen (secondary N) is 1. The Morgan fingerprint density at radius 1 is 1.10 bits per heavy atom. The lowest BCUT2D eigenvalue weighted by molar-refractivity contribution is -0.115. The van der Waals surface area contributed by atoms with Gasteiger partial charge >= 0.3 is 0 Å². The van der Waals surface area contributed by atoms with Crippen LogP contribution in [0.5, 0.6) is 0 Å². The molecule has 1 amide bonds. The van der Waals surface area contributed by atoms with Gasteiger partial charge in [0.05, 0.1) is 6.42 Å². The van der Waals surface area contributed by atoms with E-state index in [1.54, 1.807) is 0 Å². The van der Waals surface area contributed by atoms with E-state index in [1.807, 2.05) is 56.3 Å². The van der Waals surface area contributed by atoms with Crippen molar-refractivity contribution < 1.29 is 4.79 Å². The quantitative estimate of drug-likeness (QED) is 0.853. The summed E-state index contributed by atoms with van der Waals surface area (Å²) in [6.07, 6.45) is 0.325. The van der Waals surface area contributed by atoms with Gasteiger partial charge in [-0.25, -0.2) is 0 Å². The second kappa shape index (κ2) is 6.50. The first-order valence-corrected chi connectivity index (χ1v) is 7.13. The number of rotatable bonds is 4. The first kappa shape index (κ1) is 15.2. The maximum atomic E-state index is 12.1. The minimum absolute atomic E-state index is 0.0320. The predicted molar refractivity (Wildman–Crippen MR) is 90.6 cm³/mol. The number of benzene rings is 2. The Hall–Kier alpha value is -2.20. The SMILES string of the molecule is Cc1cccc(C)c1NC(=O)Cc1ccc(C(N)=S)cc1. The Morgan fingerprint density at radius 3 is 2.19 bits per heavy atom. The summed E-state index contributed by atoms with van der Waals surface area (Å²) in [5, 5.41) is 2.97. The maximum Gasteiger partial charge on any atom is 0.228 e. The summed E-state index contributed by atoms with van der Waals surface area (Å²) in [5.74, 6) is -0.0320. The molecule has 0 aliphatic rings. The lowest BCUT2D eigenvalue weighted by Crippen LogP contribution is -2.16. The zero-order valence-corrected chi connectivity index (χ0v) is 13.0. The fraction of sp³-hybridized carbons (Fsp3) is 0.176. The average Bonchev–Trinajstić information content (AvgIpc) is 2.43. The van der Waals surface area contributed by atoms with Crippen molar-refractivity contribution in [1.82, 2.24) is 0 Å². The number of anilines is 1. The van der Waals surface area contributed by atoms with E-state index in [2.05, 4.69) is 5.32 Å². The largest absolute Gasteiger partial charge is 0.389 e. The second-order valence-corrected chi connectivity index (χ2v) is 5.49. The third kappa shape index (κ3) is 3.89. The summed E-state index contributed by atoms with van der Waals surface area (Å²) < 4.78 is 0. The van der Waals surface area contributed by atoms with Gasteiger partial charge in [0, 0.05) is 11.3 Å². The van der Waals surface area contributed by atoms with E-state index in [0.717, 1.165) is 27.9 Å². The molecule has 21 heavy (non-hydrogen) atoms. The fourth-order valence-electron chi connectivity index (χ4n) is 2.17. The molecule has 0 heterocycles. The van der Waals surface area contributed by atoms with Crippen LogP contribution in [-0.4, -0.2) is 10.9 Å². The minimum atomic E-state index is -0.0320. The molecule has 2 aromatic rings. The highest BCUT2D eigenvalue weighted by Gasteiger charge is 2.08. The molecule has 0 atom stereocenters. The topological polar surface area (TPSA) is 55.1 Å². The Morgan fingerprint density at radius 2 is 1.67 bits per heavy atom. The molecule has 0 fully saturated rings. The van der Waals surface area contributed by atoms with Crippen LogP contribution < -0.4 is 11.1 Å². The highest BCUT2D eigenvalue weighted by Crippen LogP contribution is 2.19. The first-order valence-electron chi connectivity index (χ1n) is 6.72. The van der Waals surface area contributed by atoms with E-state index in [1.165, 1.54) is 0 Å². The number of amides is 1. The number of carbonyl (C=O) groups is 1. The number of aryl methyl sites for hydroxylation is 2. The molecular weight excluding hydrogens is 280 g/mol. The Bertz CT molecular complexity index is 657. The predicted octanol–water partition coefficient (Wildman–Crippen LogP) is 3.12. The van der Waals surface area contributed by atoms with Crippen LogP contribution in [0.1, 0.15) is 22.3 Å². The van der Waals surface area contributed by atoms with Gasteiger partial charge in [-0.2, -0.15) is 0 Å². The van der Waals surface area contributed by atoms with Gasteiger partial charge in [0.25, 0.3) is 0 Å². The standard InChI is InChI=1S/C17H18N2OS/c1-11-4-3-5-12(2)16(11)19-15(20)10-13-6-8-14(9-7-13)17(18)21/h3-9H,10H2,1-2H3,(H2,18,21)(H,19,20). The van der Waals surface area contributed by atoms with Crippen LogP contribution in [0.4, 0.5) is 5.69 Å². The number of hydrogen-bond acceptors (Lipinski definition) is 2. The summed E-state index contributed by atoms with van der Waals surface area (Å²) in [5.41, 5.74) is 10.3. The van der Waals surface area contributed by atoms with Crippen molar-refractivity contribution >= 4 is 28.8 Å². The molecule has 0 unspecified atom stereocenters. The van der Waals surface area contributed by atoms with E-state index in [4.69, 9.17) is 18.0 Å². The molecule has 4 heteroatoms. The average molecular weight is 298 g/mol. The number of para-hydroxylation sites is 1. The van der Waals surface area contributed by atoms with Crippen molar-refractivity contribution in [3.8, 4) is 0 Å². The van der Waals surface area contributed by atoms with Crippen LogP contribution in [-0.2, 0) is 11.2 Å². The van der Waals surface area contributed by atoms with E-state index in [9.17, 15) is 4.79 Å². The number of nitrogens with two attached hydrogens (primary N) is 1. The van der Waals surface area contributed by atoms with Gasteiger partial charge in [0.1, 0.15) is 4.99 Å². The summed E-state index contributed by atoms with van der Waals surface area (Å²) in [6.45, 7) is 3.97. The van der Waals surface area contributed by atoms with Crippen molar-refractivity contribution in [2.75, 3.05) is 5.32 Å². The van der Waals surface area contributed by atoms with Crippen molar-refractivity contribution in [3.05, 3.63) is 64.7 Å². The van der Waals surface area contributed by atoms with Crippen LogP contribution >= 0.6 is 12.2 Å². The normalized spacial score (nSPS) is 10.2. The lowest BCUT2D eigenvalue weighted by atomic mass is 10.1. The van der Waals surface area contributed by atoms with Gasteiger partial charge in [-0.15, -0.1) is 0 Å². The summed E-state index contributed by atoms with van der Waals surface area (Å²) in [4.78, 5) is 12.5. The van der Waals surface area contributed by atoms with Crippen LogP contribution in [0.15, 0.2) is 42.5 Å². The molecule has 0 radical (unpaired) electrons. The van der Waals surface area contributed by atoms with Crippen molar-refractivity contribution in [2.45, 2.75) is 20.3 Å². The van der Waals surface area contributed by atoms with Gasteiger partial charge in [-0.1, -0.05) is 54.7 Å². The Kier molecular flexibility index (Phi) is 4.70. The highest BCUT2D eigenvalue weighted by atomic mass is 32.1. The van der Waals surface area contributed by atoms with Crippen molar-refractivity contribution in [1.29, 1.82) is 0 Å². The minimum Gasteiger partial charge on any atom is -0.389 e. The molecule has 3 nitrogen and oxygen atoms in total. The molecule has 0 saturated heterocycles. The van der Waals surface area contributed by atoms with Crippen LogP contribution in [0, 0.1) is 13.8 Å². The lowest BCUT2D eigenvalue weighted by Gasteiger charge is -2.11. The van der Waals surface area contributed by atoms with Gasteiger partial charge in [-0.05, 0) is 30.5 Å². The zero-order valence-electron chi connectivity index (χ0n) is 12.1. The molecule has 2 rings (SSSR count). The smallest absolute Gasteiger partial charge is 0.228 e. The Labute approximate surface area is 130 Å². The van der Waals surface area contributed by atoms with Crippen LogP contribution in [0.25, 0.3) is 0 Å². The summed E-state index contributed by atoms with van der Waals surface area (Å²) >= 11 is 4.91. The third-order valence-electron chi connectivity index (χ3n) is 3.35. The van der Waals surface area contributed by atoms with Gasteiger partial charge in [0.2, 0.25) is 5.91 Å². The monoisotopic (exact) mass is 298 g/mol. The van der Waals surface area contributed by atoms with Crippen LogP contribution in [0.3, 0.4) is 0 Å². The summed E-state index contributed by atoms with van der Waals surface area (Å²) in [7, 11) is 0. The maximum absolute atomic E-state index is 12.1. The van der Waals surface area contributed by atoms with E-state index in [0.29, 0.717) is 11.4 Å². The molecular formula is C17H18N2OS. The first-order chi connectivity index (χ1) is 9.97. The number of thiocarbonyl (C=S) groups is 1. The molecule has 3 N–H and O–H groups in total. The van der Waals surface area contributed by atoms with E-state index >= 15 is 0 Å². The van der Waals surface area contributed by atoms with E-state index in [-0.39, 0.29) is 5.91 Å². The Balaban J connectivity index is 2.06. The molecule has 0 aliphatic carbocycles. The van der Waals surface area contributed by atoms with Gasteiger partial charge < -0.3 is 11.1 Å². The molecule has 108 valence electrons. The molecule has 0 aliphatic heterocycles. The molecule has 0 aromatic heterocycles. The molecule has 2 aromatic carbocycles. The van der Waals surface area contributed by atoms with Crippen molar-refractivity contribution in [3.63, 3.8) is 0 Å². The second-order valence-electron chi connectivity index (χ2n) is 5.05. The highest BCUT2D eigenvalue weighted by molar-refractivity contribution is 7.80. The molecule has 0 spiro atoms. The number of carbonyl (C=O) groups excluding carboxylic acids is 1. The molecule has 0 saturated carbocycles. The zero-order chi connectivity index (χ0) is 15.4.